The van der Waals surface area contributed by atoms with Crippen LogP contribution in [0.2, 0.25) is 5.02 Å². The first-order valence-electron chi connectivity index (χ1n) is 5.92. The van der Waals surface area contributed by atoms with Crippen molar-refractivity contribution in [1.29, 1.82) is 0 Å². The van der Waals surface area contributed by atoms with Crippen LogP contribution in [0.3, 0.4) is 0 Å². The van der Waals surface area contributed by atoms with E-state index in [-0.39, 0.29) is 28.8 Å². The SMILES string of the molecule is CCS(=O)(=O)CCN(C)C(=O)Nc1cc(F)cc(Cl)c1. The van der Waals surface area contributed by atoms with Gasteiger partial charge in [0.15, 0.2) is 9.84 Å². The van der Waals surface area contributed by atoms with Gasteiger partial charge in [-0.25, -0.2) is 17.6 Å². The molecule has 0 saturated carbocycles. The highest BCUT2D eigenvalue weighted by Crippen LogP contribution is 2.18. The van der Waals surface area contributed by atoms with E-state index in [1.807, 2.05) is 0 Å². The molecule has 0 aliphatic rings. The zero-order chi connectivity index (χ0) is 15.3. The Kier molecular flexibility index (Phi) is 5.76. The molecule has 0 spiro atoms. The summed E-state index contributed by atoms with van der Waals surface area (Å²) in [5, 5.41) is 2.61. The second kappa shape index (κ2) is 6.90. The van der Waals surface area contributed by atoms with Gasteiger partial charge in [-0.1, -0.05) is 18.5 Å². The Balaban J connectivity index is 2.62. The minimum Gasteiger partial charge on any atom is -0.327 e. The predicted molar refractivity (Wildman–Crippen MR) is 77.4 cm³/mol. The van der Waals surface area contributed by atoms with Crippen LogP contribution in [0.15, 0.2) is 18.2 Å². The molecule has 0 radical (unpaired) electrons. The van der Waals surface area contributed by atoms with Gasteiger partial charge in [-0.15, -0.1) is 0 Å². The lowest BCUT2D eigenvalue weighted by molar-refractivity contribution is 0.225. The molecule has 2 amide bonds. The molecule has 1 aromatic carbocycles. The van der Waals surface area contributed by atoms with Gasteiger partial charge in [0, 0.05) is 30.1 Å². The number of rotatable bonds is 5. The van der Waals surface area contributed by atoms with Gasteiger partial charge in [-0.3, -0.25) is 0 Å². The Labute approximate surface area is 122 Å². The second-order valence-corrected chi connectivity index (χ2v) is 7.16. The number of hydrogen-bond donors (Lipinski definition) is 1. The van der Waals surface area contributed by atoms with Crippen LogP contribution in [0.25, 0.3) is 0 Å². The molecule has 112 valence electrons. The summed E-state index contributed by atoms with van der Waals surface area (Å²) >= 11 is 5.67. The summed E-state index contributed by atoms with van der Waals surface area (Å²) in [6, 6.07) is 3.12. The molecule has 5 nitrogen and oxygen atoms in total. The van der Waals surface area contributed by atoms with Crippen LogP contribution in [-0.4, -0.2) is 44.4 Å². The summed E-state index contributed by atoms with van der Waals surface area (Å²) in [6.07, 6.45) is 0. The van der Waals surface area contributed by atoms with Crippen molar-refractivity contribution in [3.8, 4) is 0 Å². The highest BCUT2D eigenvalue weighted by molar-refractivity contribution is 7.91. The van der Waals surface area contributed by atoms with Crippen molar-refractivity contribution in [1.82, 2.24) is 4.90 Å². The molecule has 0 unspecified atom stereocenters. The number of hydrogen-bond acceptors (Lipinski definition) is 3. The second-order valence-electron chi connectivity index (χ2n) is 4.25. The summed E-state index contributed by atoms with van der Waals surface area (Å²) in [5.74, 6) is -0.650. The molecule has 8 heteroatoms. The fourth-order valence-electron chi connectivity index (χ4n) is 1.37. The van der Waals surface area contributed by atoms with Crippen molar-refractivity contribution in [2.24, 2.45) is 0 Å². The van der Waals surface area contributed by atoms with Crippen LogP contribution < -0.4 is 5.32 Å². The lowest BCUT2D eigenvalue weighted by Gasteiger charge is -2.17. The fourth-order valence-corrected chi connectivity index (χ4v) is 2.43. The maximum atomic E-state index is 13.1. The largest absolute Gasteiger partial charge is 0.327 e. The van der Waals surface area contributed by atoms with Crippen molar-refractivity contribution >= 4 is 33.2 Å². The highest BCUT2D eigenvalue weighted by atomic mass is 35.5. The van der Waals surface area contributed by atoms with Gasteiger partial charge >= 0.3 is 6.03 Å². The lowest BCUT2D eigenvalue weighted by atomic mass is 10.3. The minimum atomic E-state index is -3.14. The van der Waals surface area contributed by atoms with Crippen LogP contribution in [0.5, 0.6) is 0 Å². The maximum absolute atomic E-state index is 13.1. The Hall–Kier alpha value is -1.34. The van der Waals surface area contributed by atoms with E-state index in [4.69, 9.17) is 11.6 Å². The Morgan fingerprint density at radius 2 is 2.05 bits per heavy atom. The molecule has 0 aromatic heterocycles. The smallest absolute Gasteiger partial charge is 0.321 e. The molecule has 0 aliphatic carbocycles. The molecule has 0 aliphatic heterocycles. The van der Waals surface area contributed by atoms with E-state index in [0.29, 0.717) is 0 Å². The third-order valence-corrected chi connectivity index (χ3v) is 4.54. The van der Waals surface area contributed by atoms with Crippen LogP contribution in [0.4, 0.5) is 14.9 Å². The first-order valence-corrected chi connectivity index (χ1v) is 8.12. The predicted octanol–water partition coefficient (Wildman–Crippen LogP) is 2.38. The molecular weight excluding hydrogens is 307 g/mol. The van der Waals surface area contributed by atoms with Crippen molar-refractivity contribution in [3.05, 3.63) is 29.0 Å². The number of nitrogens with one attached hydrogen (secondary N) is 1. The average Bonchev–Trinajstić information content (AvgIpc) is 2.34. The fraction of sp³-hybridized carbons (Fsp3) is 0.417. The van der Waals surface area contributed by atoms with Crippen molar-refractivity contribution in [2.45, 2.75) is 6.92 Å². The van der Waals surface area contributed by atoms with E-state index < -0.39 is 21.7 Å². The van der Waals surface area contributed by atoms with Gasteiger partial charge in [0.2, 0.25) is 0 Å². The lowest BCUT2D eigenvalue weighted by Crippen LogP contribution is -2.35. The van der Waals surface area contributed by atoms with Gasteiger partial charge in [-0.05, 0) is 18.2 Å². The third kappa shape index (κ3) is 5.34. The van der Waals surface area contributed by atoms with Crippen LogP contribution in [0, 0.1) is 5.82 Å². The van der Waals surface area contributed by atoms with Gasteiger partial charge in [-0.2, -0.15) is 0 Å². The highest BCUT2D eigenvalue weighted by Gasteiger charge is 2.14. The summed E-state index contributed by atoms with van der Waals surface area (Å²) in [6.45, 7) is 1.61. The number of sulfone groups is 1. The number of benzene rings is 1. The van der Waals surface area contributed by atoms with Crippen LogP contribution >= 0.6 is 11.6 Å². The molecule has 1 N–H and O–H groups in total. The molecule has 20 heavy (non-hydrogen) atoms. The Bertz CT molecular complexity index is 572. The third-order valence-electron chi connectivity index (χ3n) is 2.64. The monoisotopic (exact) mass is 322 g/mol. The first kappa shape index (κ1) is 16.7. The summed E-state index contributed by atoms with van der Waals surface area (Å²) in [7, 11) is -1.68. The minimum absolute atomic E-state index is 0.0297. The van der Waals surface area contributed by atoms with Gasteiger partial charge in [0.05, 0.1) is 5.75 Å². The van der Waals surface area contributed by atoms with Crippen molar-refractivity contribution in [2.75, 3.05) is 30.4 Å². The molecule has 0 bridgehead atoms. The summed E-state index contributed by atoms with van der Waals surface area (Å²) < 4.78 is 35.8. The quantitative estimate of drug-likeness (QED) is 0.905. The zero-order valence-electron chi connectivity index (χ0n) is 11.2. The van der Waals surface area contributed by atoms with E-state index in [2.05, 4.69) is 5.32 Å². The first-order chi connectivity index (χ1) is 9.23. The number of amides is 2. The molecule has 1 aromatic rings. The van der Waals surface area contributed by atoms with E-state index in [0.717, 1.165) is 12.1 Å². The number of urea groups is 1. The Morgan fingerprint density at radius 1 is 1.40 bits per heavy atom. The normalized spacial score (nSPS) is 11.2. The van der Waals surface area contributed by atoms with E-state index in [1.54, 1.807) is 6.92 Å². The Morgan fingerprint density at radius 3 is 2.60 bits per heavy atom. The average molecular weight is 323 g/mol. The number of nitrogens with zero attached hydrogens (tertiary/aromatic N) is 1. The van der Waals surface area contributed by atoms with Crippen LogP contribution in [0.1, 0.15) is 6.92 Å². The van der Waals surface area contributed by atoms with Crippen LogP contribution in [-0.2, 0) is 9.84 Å². The van der Waals surface area contributed by atoms with Gasteiger partial charge < -0.3 is 10.2 Å². The topological polar surface area (TPSA) is 66.5 Å². The zero-order valence-corrected chi connectivity index (χ0v) is 12.8. The summed E-state index contributed by atoms with van der Waals surface area (Å²) in [5.41, 5.74) is 0.213. The molecule has 0 atom stereocenters. The molecule has 0 heterocycles. The standard InChI is InChI=1S/C12H16ClFN2O3S/c1-3-20(18,19)5-4-16(2)12(17)15-11-7-9(13)6-10(14)8-11/h6-8H,3-5H2,1-2H3,(H,15,17). The number of carbonyl (C=O) groups is 1. The molecule has 0 saturated heterocycles. The molecular formula is C12H16ClFN2O3S. The van der Waals surface area contributed by atoms with Gasteiger partial charge in [0.25, 0.3) is 0 Å². The van der Waals surface area contributed by atoms with Crippen molar-refractivity contribution < 1.29 is 17.6 Å². The van der Waals surface area contributed by atoms with Crippen molar-refractivity contribution in [3.63, 3.8) is 0 Å². The molecule has 0 fully saturated rings. The number of carbonyl (C=O) groups excluding carboxylic acids is 1. The van der Waals surface area contributed by atoms with E-state index in [1.165, 1.54) is 18.0 Å². The van der Waals surface area contributed by atoms with E-state index in [9.17, 15) is 17.6 Å². The number of halogens is 2. The van der Waals surface area contributed by atoms with Gasteiger partial charge in [0.1, 0.15) is 5.82 Å². The maximum Gasteiger partial charge on any atom is 0.321 e. The summed E-state index contributed by atoms with van der Waals surface area (Å²) in [4.78, 5) is 13.0. The van der Waals surface area contributed by atoms with E-state index >= 15 is 0 Å². The molecule has 1 rings (SSSR count). The number of anilines is 1.